The fourth-order valence-corrected chi connectivity index (χ4v) is 2.99. The van der Waals surface area contributed by atoms with Crippen molar-refractivity contribution in [3.05, 3.63) is 65.4 Å². The van der Waals surface area contributed by atoms with Crippen LogP contribution >= 0.6 is 0 Å². The number of hydrogen-bond donors (Lipinski definition) is 2. The molecule has 0 aliphatic carbocycles. The molecule has 5 heteroatoms. The lowest BCUT2D eigenvalue weighted by molar-refractivity contribution is -0.134. The fourth-order valence-electron chi connectivity index (χ4n) is 2.99. The van der Waals surface area contributed by atoms with Crippen LogP contribution in [-0.4, -0.2) is 35.4 Å². The van der Waals surface area contributed by atoms with E-state index in [1.807, 2.05) is 33.3 Å². The molecule has 0 atom stereocenters. The van der Waals surface area contributed by atoms with E-state index in [1.165, 1.54) is 16.6 Å². The molecule has 2 N–H and O–H groups in total. The van der Waals surface area contributed by atoms with E-state index in [1.54, 1.807) is 0 Å². The molecule has 0 spiro atoms. The average molecular weight is 365 g/mol. The van der Waals surface area contributed by atoms with Gasteiger partial charge in [-0.2, -0.15) is 0 Å². The minimum absolute atomic E-state index is 0.665. The van der Waals surface area contributed by atoms with Gasteiger partial charge in [0.15, 0.2) is 0 Å². The van der Waals surface area contributed by atoms with Crippen molar-refractivity contribution in [3.63, 3.8) is 0 Å². The molecule has 5 nitrogen and oxygen atoms in total. The van der Waals surface area contributed by atoms with Crippen molar-refractivity contribution in [2.45, 2.75) is 20.3 Å². The topological polar surface area (TPSA) is 69.3 Å². The summed E-state index contributed by atoms with van der Waals surface area (Å²) in [6, 6.07) is 14.7. The molecule has 3 aromatic rings. The second kappa shape index (κ2) is 8.54. The van der Waals surface area contributed by atoms with Crippen LogP contribution in [0, 0.1) is 12.3 Å². The second-order valence-corrected chi connectivity index (χ2v) is 6.85. The summed E-state index contributed by atoms with van der Waals surface area (Å²) in [5, 5.41) is 17.2. The second-order valence-electron chi connectivity index (χ2n) is 6.85. The van der Waals surface area contributed by atoms with Gasteiger partial charge in [0, 0.05) is 68.5 Å². The van der Waals surface area contributed by atoms with Crippen molar-refractivity contribution in [3.8, 4) is 0 Å². The highest BCUT2D eigenvalue weighted by Gasteiger charge is 2.13. The first-order valence-electron chi connectivity index (χ1n) is 8.79. The Morgan fingerprint density at radius 3 is 2.41 bits per heavy atom. The highest BCUT2D eigenvalue weighted by Crippen LogP contribution is 2.26. The molecule has 3 rings (SSSR count). The third-order valence-corrected chi connectivity index (χ3v) is 4.44. The lowest BCUT2D eigenvalue weighted by atomic mass is 9.98. The molecule has 2 aromatic carbocycles. The Balaban J connectivity index is 0.000000596. The number of benzene rings is 2. The third-order valence-electron chi connectivity index (χ3n) is 4.44. The van der Waals surface area contributed by atoms with Crippen LogP contribution in [0.3, 0.4) is 0 Å². The van der Waals surface area contributed by atoms with Crippen molar-refractivity contribution >= 4 is 28.3 Å². The van der Waals surface area contributed by atoms with Crippen LogP contribution in [0.15, 0.2) is 48.7 Å². The Hall–Kier alpha value is -3.08. The number of nitrogens with zero attached hydrogens (tertiary/aromatic N) is 2. The minimum atomic E-state index is -0.833. The average Bonchev–Trinajstić information content (AvgIpc) is 2.93. The van der Waals surface area contributed by atoms with Crippen LogP contribution < -0.4 is 4.90 Å². The van der Waals surface area contributed by atoms with Gasteiger partial charge in [-0.15, -0.1) is 0 Å². The maximum atomic E-state index is 9.00. The molecule has 142 valence electrons. The maximum Gasteiger partial charge on any atom is 0.300 e. The number of hydrogen-bond acceptors (Lipinski definition) is 3. The molecule has 0 saturated carbocycles. The molecule has 1 aromatic heterocycles. The number of carboxylic acid groups (broad SMARTS) is 1. The van der Waals surface area contributed by atoms with Gasteiger partial charge >= 0.3 is 0 Å². The number of rotatable bonds is 4. The molecule has 0 aliphatic heterocycles. The summed E-state index contributed by atoms with van der Waals surface area (Å²) in [5.74, 6) is -0.833. The zero-order valence-electron chi connectivity index (χ0n) is 16.6. The molecular weight excluding hydrogens is 338 g/mol. The number of aryl methyl sites for hydroxylation is 2. The standard InChI is InChI=1S/C20H23N3.C2H4O2/c1-14-7-5-6-8-15(14)11-19(21)18-13-23(4)20-10-9-16(22(2)3)12-17(18)20;1-2(3)4/h5-10,12-13,21H,11H2,1-4H3;1H3,(H,3,4). The summed E-state index contributed by atoms with van der Waals surface area (Å²) in [6.45, 7) is 3.19. The highest BCUT2D eigenvalue weighted by atomic mass is 16.4. The van der Waals surface area contributed by atoms with Crippen LogP contribution in [-0.2, 0) is 18.3 Å². The normalized spacial score (nSPS) is 10.3. The van der Waals surface area contributed by atoms with Crippen molar-refractivity contribution in [2.24, 2.45) is 7.05 Å². The number of carbonyl (C=O) groups is 1. The molecule has 0 unspecified atom stereocenters. The molecule has 1 heterocycles. The fraction of sp³-hybridized carbons (Fsp3) is 0.273. The van der Waals surface area contributed by atoms with Gasteiger partial charge in [0.2, 0.25) is 0 Å². The number of aromatic nitrogens is 1. The molecule has 0 radical (unpaired) electrons. The van der Waals surface area contributed by atoms with E-state index in [-0.39, 0.29) is 0 Å². The smallest absolute Gasteiger partial charge is 0.300 e. The van der Waals surface area contributed by atoms with Gasteiger partial charge < -0.3 is 20.0 Å². The SMILES string of the molecule is CC(=O)O.Cc1ccccc1CC(=N)c1cn(C)c2ccc(N(C)C)cc12. The highest BCUT2D eigenvalue weighted by molar-refractivity contribution is 6.10. The van der Waals surface area contributed by atoms with Gasteiger partial charge in [0.05, 0.1) is 0 Å². The number of nitrogens with one attached hydrogen (secondary N) is 1. The Kier molecular flexibility index (Phi) is 6.40. The molecule has 0 saturated heterocycles. The zero-order valence-corrected chi connectivity index (χ0v) is 16.6. The first kappa shape index (κ1) is 20.2. The van der Waals surface area contributed by atoms with Crippen LogP contribution in [0.5, 0.6) is 0 Å². The lowest BCUT2D eigenvalue weighted by Crippen LogP contribution is -2.08. The summed E-state index contributed by atoms with van der Waals surface area (Å²) in [7, 11) is 6.13. The summed E-state index contributed by atoms with van der Waals surface area (Å²) in [5.41, 5.74) is 6.48. The van der Waals surface area contributed by atoms with Crippen LogP contribution in [0.1, 0.15) is 23.6 Å². The first-order chi connectivity index (χ1) is 12.7. The molecule has 0 amide bonds. The van der Waals surface area contributed by atoms with Crippen molar-refractivity contribution in [1.82, 2.24) is 4.57 Å². The van der Waals surface area contributed by atoms with E-state index in [2.05, 4.69) is 52.9 Å². The Labute approximate surface area is 160 Å². The van der Waals surface area contributed by atoms with E-state index in [0.717, 1.165) is 23.6 Å². The zero-order chi connectivity index (χ0) is 20.1. The number of carboxylic acids is 1. The molecule has 0 aliphatic rings. The van der Waals surface area contributed by atoms with E-state index in [4.69, 9.17) is 15.3 Å². The van der Waals surface area contributed by atoms with Crippen LogP contribution in [0.4, 0.5) is 5.69 Å². The van der Waals surface area contributed by atoms with Gasteiger partial charge in [0.25, 0.3) is 5.97 Å². The number of anilines is 1. The van der Waals surface area contributed by atoms with Gasteiger partial charge in [-0.05, 0) is 36.2 Å². The summed E-state index contributed by atoms with van der Waals surface area (Å²) in [4.78, 5) is 11.1. The largest absolute Gasteiger partial charge is 0.481 e. The number of fused-ring (bicyclic) bond motifs is 1. The monoisotopic (exact) mass is 365 g/mol. The predicted molar refractivity (Wildman–Crippen MR) is 112 cm³/mol. The summed E-state index contributed by atoms with van der Waals surface area (Å²) >= 11 is 0. The number of aliphatic carboxylic acids is 1. The van der Waals surface area contributed by atoms with Crippen molar-refractivity contribution in [1.29, 1.82) is 5.41 Å². The summed E-state index contributed by atoms with van der Waals surface area (Å²) in [6.07, 6.45) is 2.74. The minimum Gasteiger partial charge on any atom is -0.481 e. The summed E-state index contributed by atoms with van der Waals surface area (Å²) < 4.78 is 2.11. The van der Waals surface area contributed by atoms with Gasteiger partial charge in [-0.1, -0.05) is 24.3 Å². The van der Waals surface area contributed by atoms with E-state index in [9.17, 15) is 0 Å². The van der Waals surface area contributed by atoms with Crippen molar-refractivity contribution < 1.29 is 9.90 Å². The van der Waals surface area contributed by atoms with E-state index >= 15 is 0 Å². The predicted octanol–water partition coefficient (Wildman–Crippen LogP) is 4.25. The van der Waals surface area contributed by atoms with E-state index in [0.29, 0.717) is 12.1 Å². The van der Waals surface area contributed by atoms with E-state index < -0.39 is 5.97 Å². The van der Waals surface area contributed by atoms with Gasteiger partial charge in [-0.3, -0.25) is 4.79 Å². The molecule has 27 heavy (non-hydrogen) atoms. The van der Waals surface area contributed by atoms with Crippen LogP contribution in [0.2, 0.25) is 0 Å². The first-order valence-corrected chi connectivity index (χ1v) is 8.79. The van der Waals surface area contributed by atoms with Gasteiger partial charge in [-0.25, -0.2) is 0 Å². The molecular formula is C22H27N3O2. The molecule has 0 fully saturated rings. The quantitative estimate of drug-likeness (QED) is 0.679. The van der Waals surface area contributed by atoms with Gasteiger partial charge in [0.1, 0.15) is 0 Å². The maximum absolute atomic E-state index is 9.00. The Morgan fingerprint density at radius 1 is 1.19 bits per heavy atom. The Morgan fingerprint density at radius 2 is 1.81 bits per heavy atom. The molecule has 0 bridgehead atoms. The third kappa shape index (κ3) is 4.97. The van der Waals surface area contributed by atoms with Crippen LogP contribution in [0.25, 0.3) is 10.9 Å². The van der Waals surface area contributed by atoms with Crippen molar-refractivity contribution in [2.75, 3.05) is 19.0 Å². The lowest BCUT2D eigenvalue weighted by Gasteiger charge is -2.13. The Bertz CT molecular complexity index is 967.